The van der Waals surface area contributed by atoms with Crippen LogP contribution in [0.5, 0.6) is 0 Å². The number of rotatable bonds is 0. The Bertz CT molecular complexity index is 42.5. The molecule has 0 atom stereocenters. The van der Waals surface area contributed by atoms with Crippen LogP contribution in [0.25, 0.3) is 0 Å². The predicted octanol–water partition coefficient (Wildman–Crippen LogP) is -3.54. The van der Waals surface area contributed by atoms with Crippen LogP contribution in [0.15, 0.2) is 0 Å². The van der Waals surface area contributed by atoms with E-state index in [2.05, 4.69) is 0 Å². The van der Waals surface area contributed by atoms with E-state index in [4.69, 9.17) is 15.0 Å². The number of carboxylic acids is 1. The molecule has 8 heavy (non-hydrogen) atoms. The minimum absolute atomic E-state index is 0. The molecule has 0 saturated heterocycles. The van der Waals surface area contributed by atoms with Gasteiger partial charge in [-0.3, -0.25) is 4.79 Å². The molecule has 0 rings (SSSR count). The van der Waals surface area contributed by atoms with Crippen molar-refractivity contribution in [2.24, 2.45) is 0 Å². The third-order valence-corrected chi connectivity index (χ3v) is 0. The van der Waals surface area contributed by atoms with Gasteiger partial charge in [-0.15, -0.1) is 6.61 Å². The van der Waals surface area contributed by atoms with E-state index >= 15 is 0 Å². The number of carbonyl (C=O) groups is 1. The van der Waals surface area contributed by atoms with E-state index in [9.17, 15) is 0 Å². The van der Waals surface area contributed by atoms with Crippen LogP contribution >= 0.6 is 0 Å². The summed E-state index contributed by atoms with van der Waals surface area (Å²) in [6.45, 7) is 2.65. The van der Waals surface area contributed by atoms with Gasteiger partial charge in [0, 0.05) is 6.92 Å². The summed E-state index contributed by atoms with van der Waals surface area (Å²) >= 11 is 0. The Balaban J connectivity index is -0.0000000575. The summed E-state index contributed by atoms with van der Waals surface area (Å²) < 4.78 is 0. The molecule has 0 aromatic heterocycles. The summed E-state index contributed by atoms with van der Waals surface area (Å²) in [5, 5.41) is 16.3. The van der Waals surface area contributed by atoms with Crippen molar-refractivity contribution in [1.82, 2.24) is 0 Å². The summed E-state index contributed by atoms with van der Waals surface area (Å²) in [5.74, 6) is -0.833. The van der Waals surface area contributed by atoms with E-state index in [1.165, 1.54) is 0 Å². The van der Waals surface area contributed by atoms with Crippen molar-refractivity contribution in [2.45, 2.75) is 13.8 Å². The maximum absolute atomic E-state index is 9.00. The monoisotopic (exact) mass is 144 g/mol. The van der Waals surface area contributed by atoms with Gasteiger partial charge in [0.1, 0.15) is 0 Å². The molecule has 1 N–H and O–H groups in total. The summed E-state index contributed by atoms with van der Waals surface area (Å²) in [6, 6.07) is 0. The maximum atomic E-state index is 9.00. The summed E-state index contributed by atoms with van der Waals surface area (Å²) in [7, 11) is 0. The molecule has 0 spiro atoms. The Hall–Kier alpha value is 1.07. The average Bonchev–Trinajstić information content (AvgIpc) is 1.33. The van der Waals surface area contributed by atoms with Crippen LogP contribution in [0.3, 0.4) is 0 Å². The Morgan fingerprint density at radius 1 is 1.75 bits per heavy atom. The van der Waals surface area contributed by atoms with Crippen LogP contribution in [0.2, 0.25) is 0 Å². The molecule has 0 bridgehead atoms. The van der Waals surface area contributed by atoms with Gasteiger partial charge >= 0.3 is 51.4 Å². The molecule has 0 aliphatic heterocycles. The molecule has 0 aromatic carbocycles. The van der Waals surface area contributed by atoms with Crippen molar-refractivity contribution in [3.05, 3.63) is 0 Å². The Labute approximate surface area is 91.5 Å². The van der Waals surface area contributed by atoms with Gasteiger partial charge in [-0.1, -0.05) is 6.92 Å². The van der Waals surface area contributed by atoms with Crippen molar-refractivity contribution in [2.75, 3.05) is 6.61 Å². The molecule has 0 radical (unpaired) electrons. The molecule has 0 fully saturated rings. The van der Waals surface area contributed by atoms with Crippen LogP contribution < -0.4 is 56.5 Å². The standard InChI is InChI=1S/C2H4O2.C2H5O.K/c1-2(3)4;1-2-3;/h1H3,(H,3,4);2H2,1H3;/q;-1;+1. The first-order valence-electron chi connectivity index (χ1n) is 1.92. The van der Waals surface area contributed by atoms with Gasteiger partial charge in [0.15, 0.2) is 0 Å². The number of hydrogen-bond donors (Lipinski definition) is 1. The van der Waals surface area contributed by atoms with E-state index < -0.39 is 5.97 Å². The molecule has 4 heteroatoms. The number of carboxylic acid groups (broad SMARTS) is 1. The fourth-order valence-electron chi connectivity index (χ4n) is 0. The first-order valence-corrected chi connectivity index (χ1v) is 1.92. The van der Waals surface area contributed by atoms with Gasteiger partial charge in [-0.2, -0.15) is 0 Å². The molecular weight excluding hydrogens is 135 g/mol. The fraction of sp³-hybridized carbons (Fsp3) is 0.750. The van der Waals surface area contributed by atoms with Gasteiger partial charge in [0.2, 0.25) is 0 Å². The normalized spacial score (nSPS) is 5.38. The van der Waals surface area contributed by atoms with Gasteiger partial charge in [0.25, 0.3) is 5.97 Å². The fourth-order valence-corrected chi connectivity index (χ4v) is 0. The largest absolute Gasteiger partial charge is 1.00 e. The molecule has 0 aromatic rings. The molecule has 0 saturated carbocycles. The second-order valence-electron chi connectivity index (χ2n) is 0.808. The van der Waals surface area contributed by atoms with Crippen molar-refractivity contribution >= 4 is 5.97 Å². The first kappa shape index (κ1) is 16.0. The van der Waals surface area contributed by atoms with E-state index in [1.54, 1.807) is 6.92 Å². The third kappa shape index (κ3) is 229. The van der Waals surface area contributed by atoms with Crippen molar-refractivity contribution < 1.29 is 66.4 Å². The van der Waals surface area contributed by atoms with Gasteiger partial charge in [-0.05, 0) is 0 Å². The van der Waals surface area contributed by atoms with Crippen LogP contribution in [0, 0.1) is 0 Å². The van der Waals surface area contributed by atoms with Gasteiger partial charge in [0.05, 0.1) is 0 Å². The van der Waals surface area contributed by atoms with Crippen LogP contribution in [-0.2, 0) is 4.79 Å². The molecule has 3 nitrogen and oxygen atoms in total. The molecule has 0 heterocycles. The van der Waals surface area contributed by atoms with Gasteiger partial charge in [-0.25, -0.2) is 0 Å². The van der Waals surface area contributed by atoms with E-state index in [1.807, 2.05) is 0 Å². The Morgan fingerprint density at radius 3 is 1.75 bits per heavy atom. The topological polar surface area (TPSA) is 60.4 Å². The van der Waals surface area contributed by atoms with E-state index in [0.29, 0.717) is 0 Å². The van der Waals surface area contributed by atoms with Gasteiger partial charge < -0.3 is 10.2 Å². The van der Waals surface area contributed by atoms with E-state index in [-0.39, 0.29) is 58.0 Å². The zero-order valence-electron chi connectivity index (χ0n) is 5.47. The van der Waals surface area contributed by atoms with Crippen LogP contribution in [-0.4, -0.2) is 17.7 Å². The summed E-state index contributed by atoms with van der Waals surface area (Å²) in [5.41, 5.74) is 0. The minimum Gasteiger partial charge on any atom is -0.855 e. The third-order valence-electron chi connectivity index (χ3n) is 0. The second-order valence-corrected chi connectivity index (χ2v) is 0.808. The van der Waals surface area contributed by atoms with Crippen LogP contribution in [0.1, 0.15) is 13.8 Å². The van der Waals surface area contributed by atoms with E-state index in [0.717, 1.165) is 6.92 Å². The molecule has 0 aliphatic carbocycles. The smallest absolute Gasteiger partial charge is 0.855 e. The minimum atomic E-state index is -0.833. The quantitative estimate of drug-likeness (QED) is 0.358. The molecule has 0 aliphatic rings. The molecular formula is C4H9KO3. The zero-order valence-corrected chi connectivity index (χ0v) is 8.59. The maximum Gasteiger partial charge on any atom is 1.00 e. The number of hydrogen-bond acceptors (Lipinski definition) is 2. The molecule has 0 amide bonds. The molecule has 0 unspecified atom stereocenters. The molecule has 44 valence electrons. The summed E-state index contributed by atoms with van der Waals surface area (Å²) in [6.07, 6.45) is 0. The van der Waals surface area contributed by atoms with Crippen molar-refractivity contribution in [1.29, 1.82) is 0 Å². The SMILES string of the molecule is CC(=O)O.CC[O-].[K+]. The first-order chi connectivity index (χ1) is 3.15. The second kappa shape index (κ2) is 15.7. The predicted molar refractivity (Wildman–Crippen MR) is 23.9 cm³/mol. The summed E-state index contributed by atoms with van der Waals surface area (Å²) in [4.78, 5) is 9.00. The Morgan fingerprint density at radius 2 is 1.75 bits per heavy atom. The van der Waals surface area contributed by atoms with Crippen molar-refractivity contribution in [3.8, 4) is 0 Å². The average molecular weight is 144 g/mol. The van der Waals surface area contributed by atoms with Crippen LogP contribution in [0.4, 0.5) is 0 Å². The van der Waals surface area contributed by atoms with Crippen molar-refractivity contribution in [3.63, 3.8) is 0 Å². The Kier molecular flexibility index (Phi) is 31.4. The number of aliphatic carboxylic acids is 1. The zero-order chi connectivity index (χ0) is 6.28.